The summed E-state index contributed by atoms with van der Waals surface area (Å²) in [4.78, 5) is 6.05. The van der Waals surface area contributed by atoms with Gasteiger partial charge in [-0.25, -0.2) is 4.99 Å². The molecule has 2 heterocycles. The quantitative estimate of drug-likeness (QED) is 0.659. The number of benzene rings is 1. The first-order valence-corrected chi connectivity index (χ1v) is 8.93. The zero-order valence-electron chi connectivity index (χ0n) is 13.9. The van der Waals surface area contributed by atoms with Gasteiger partial charge in [-0.05, 0) is 43.0 Å². The summed E-state index contributed by atoms with van der Waals surface area (Å²) < 4.78 is 7.72. The van der Waals surface area contributed by atoms with Crippen LogP contribution in [0.1, 0.15) is 36.4 Å². The maximum atomic E-state index is 5.50. The highest BCUT2D eigenvalue weighted by Gasteiger charge is 2.08. The van der Waals surface area contributed by atoms with Crippen molar-refractivity contribution >= 4 is 17.0 Å². The van der Waals surface area contributed by atoms with Gasteiger partial charge in [-0.3, -0.25) is 0 Å². The number of para-hydroxylation sites is 1. The molecule has 0 fully saturated rings. The molecule has 0 N–H and O–H groups in total. The molecule has 3 aromatic rings. The summed E-state index contributed by atoms with van der Waals surface area (Å²) in [6, 6.07) is 10.4. The number of nitrogens with zero attached hydrogens (tertiary/aromatic N) is 2. The molecule has 2 aromatic heterocycles. The van der Waals surface area contributed by atoms with Crippen molar-refractivity contribution < 1.29 is 4.42 Å². The Balaban J connectivity index is 2.11. The lowest BCUT2D eigenvalue weighted by atomic mass is 10.0. The van der Waals surface area contributed by atoms with E-state index in [0.29, 0.717) is 0 Å². The molecule has 0 saturated heterocycles. The molecule has 120 valence electrons. The highest BCUT2D eigenvalue weighted by Crippen LogP contribution is 2.25. The van der Waals surface area contributed by atoms with E-state index in [2.05, 4.69) is 48.9 Å². The summed E-state index contributed by atoms with van der Waals surface area (Å²) in [7, 11) is 0. The van der Waals surface area contributed by atoms with Crippen LogP contribution in [0, 0.1) is 6.92 Å². The minimum atomic E-state index is 0.719. The summed E-state index contributed by atoms with van der Waals surface area (Å²) in [5.41, 5.74) is 4.95. The Bertz CT molecular complexity index is 818. The lowest BCUT2D eigenvalue weighted by Crippen LogP contribution is -2.16. The largest absolute Gasteiger partial charge is 0.467 e. The second-order valence-electron chi connectivity index (χ2n) is 5.57. The second kappa shape index (κ2) is 7.01. The van der Waals surface area contributed by atoms with Crippen LogP contribution in [-0.2, 0) is 19.4 Å². The number of hydrogen-bond acceptors (Lipinski definition) is 3. The van der Waals surface area contributed by atoms with Gasteiger partial charge in [-0.1, -0.05) is 32.0 Å². The number of furan rings is 1. The Labute approximate surface area is 140 Å². The van der Waals surface area contributed by atoms with Crippen molar-refractivity contribution in [2.24, 2.45) is 4.99 Å². The third-order valence-electron chi connectivity index (χ3n) is 4.06. The van der Waals surface area contributed by atoms with Gasteiger partial charge in [-0.2, -0.15) is 0 Å². The minimum absolute atomic E-state index is 0.719. The Morgan fingerprint density at radius 3 is 2.43 bits per heavy atom. The van der Waals surface area contributed by atoms with Gasteiger partial charge in [0.1, 0.15) is 5.76 Å². The number of rotatable bonds is 5. The summed E-state index contributed by atoms with van der Waals surface area (Å²) >= 11 is 1.69. The predicted octanol–water partition coefficient (Wildman–Crippen LogP) is 4.86. The molecular formula is C19H22N2OS. The Morgan fingerprint density at radius 1 is 1.09 bits per heavy atom. The molecular weight excluding hydrogens is 304 g/mol. The van der Waals surface area contributed by atoms with Crippen LogP contribution in [0.25, 0.3) is 0 Å². The second-order valence-corrected chi connectivity index (χ2v) is 6.41. The van der Waals surface area contributed by atoms with E-state index in [1.54, 1.807) is 17.6 Å². The molecule has 0 saturated carbocycles. The molecule has 3 rings (SSSR count). The Hall–Kier alpha value is -2.07. The average Bonchev–Trinajstić information content (AvgIpc) is 3.20. The molecule has 23 heavy (non-hydrogen) atoms. The van der Waals surface area contributed by atoms with Crippen molar-refractivity contribution in [1.82, 2.24) is 4.57 Å². The van der Waals surface area contributed by atoms with Gasteiger partial charge in [0.15, 0.2) is 4.80 Å². The molecule has 0 unspecified atom stereocenters. The highest BCUT2D eigenvalue weighted by atomic mass is 32.1. The van der Waals surface area contributed by atoms with Gasteiger partial charge in [0.2, 0.25) is 0 Å². The smallest absolute Gasteiger partial charge is 0.190 e. The topological polar surface area (TPSA) is 30.4 Å². The Morgan fingerprint density at radius 2 is 1.83 bits per heavy atom. The van der Waals surface area contributed by atoms with Gasteiger partial charge < -0.3 is 8.98 Å². The monoisotopic (exact) mass is 326 g/mol. The molecule has 1 aromatic carbocycles. The first-order chi connectivity index (χ1) is 11.2. The summed E-state index contributed by atoms with van der Waals surface area (Å²) in [6.45, 7) is 7.20. The molecule has 3 nitrogen and oxygen atoms in total. The molecule has 0 aliphatic rings. The van der Waals surface area contributed by atoms with Crippen LogP contribution in [0.5, 0.6) is 0 Å². The summed E-state index contributed by atoms with van der Waals surface area (Å²) in [6.07, 6.45) is 3.71. The van der Waals surface area contributed by atoms with E-state index in [1.807, 2.05) is 12.1 Å². The van der Waals surface area contributed by atoms with Crippen LogP contribution in [-0.4, -0.2) is 4.57 Å². The number of aromatic nitrogens is 1. The number of aryl methyl sites for hydroxylation is 3. The van der Waals surface area contributed by atoms with E-state index in [0.717, 1.165) is 35.6 Å². The fourth-order valence-corrected chi connectivity index (χ4v) is 3.59. The van der Waals surface area contributed by atoms with Crippen LogP contribution >= 0.6 is 11.3 Å². The molecule has 0 spiro atoms. The first-order valence-electron chi connectivity index (χ1n) is 8.05. The van der Waals surface area contributed by atoms with Crippen molar-refractivity contribution in [2.45, 2.75) is 40.2 Å². The lowest BCUT2D eigenvalue weighted by Gasteiger charge is -2.09. The minimum Gasteiger partial charge on any atom is -0.467 e. The van der Waals surface area contributed by atoms with Crippen LogP contribution in [0.2, 0.25) is 0 Å². The molecule has 0 aliphatic heterocycles. The summed E-state index contributed by atoms with van der Waals surface area (Å²) in [5.74, 6) is 0.951. The predicted molar refractivity (Wildman–Crippen MR) is 95.3 cm³/mol. The lowest BCUT2D eigenvalue weighted by molar-refractivity contribution is 0.488. The molecule has 0 atom stereocenters. The maximum absolute atomic E-state index is 5.50. The van der Waals surface area contributed by atoms with Crippen molar-refractivity contribution in [3.8, 4) is 0 Å². The van der Waals surface area contributed by atoms with Crippen LogP contribution < -0.4 is 4.80 Å². The van der Waals surface area contributed by atoms with E-state index in [9.17, 15) is 0 Å². The third-order valence-corrected chi connectivity index (χ3v) is 5.04. The number of hydrogen-bond donors (Lipinski definition) is 0. The molecule has 4 heteroatoms. The van der Waals surface area contributed by atoms with E-state index in [-0.39, 0.29) is 0 Å². The summed E-state index contributed by atoms with van der Waals surface area (Å²) in [5, 5.41) is 2.15. The SMILES string of the molecule is CCc1cccc(CC)c1N=c1scc(C)n1Cc1ccco1. The van der Waals surface area contributed by atoms with Crippen LogP contribution in [0.4, 0.5) is 5.69 Å². The van der Waals surface area contributed by atoms with E-state index < -0.39 is 0 Å². The van der Waals surface area contributed by atoms with E-state index >= 15 is 0 Å². The van der Waals surface area contributed by atoms with Crippen LogP contribution in [0.3, 0.4) is 0 Å². The maximum Gasteiger partial charge on any atom is 0.190 e. The molecule has 0 bridgehead atoms. The van der Waals surface area contributed by atoms with E-state index in [4.69, 9.17) is 9.41 Å². The van der Waals surface area contributed by atoms with Crippen molar-refractivity contribution in [3.05, 3.63) is 69.4 Å². The van der Waals surface area contributed by atoms with Crippen molar-refractivity contribution in [3.63, 3.8) is 0 Å². The zero-order chi connectivity index (χ0) is 16.2. The van der Waals surface area contributed by atoms with Crippen LogP contribution in [0.15, 0.2) is 51.4 Å². The number of thiazole rings is 1. The first kappa shape index (κ1) is 15.8. The fourth-order valence-electron chi connectivity index (χ4n) is 2.71. The Kier molecular flexibility index (Phi) is 4.82. The highest BCUT2D eigenvalue weighted by molar-refractivity contribution is 7.07. The third kappa shape index (κ3) is 3.32. The molecule has 0 aliphatic carbocycles. The fraction of sp³-hybridized carbons (Fsp3) is 0.316. The molecule has 0 radical (unpaired) electrons. The standard InChI is InChI=1S/C19H22N2OS/c1-4-15-8-6-9-16(5-2)18(15)20-19-21(14(3)13-23-19)12-17-10-7-11-22-17/h6-11,13H,4-5,12H2,1-3H3. The molecule has 0 amide bonds. The normalized spacial score (nSPS) is 12.0. The van der Waals surface area contributed by atoms with E-state index in [1.165, 1.54) is 16.8 Å². The van der Waals surface area contributed by atoms with Crippen molar-refractivity contribution in [2.75, 3.05) is 0 Å². The van der Waals surface area contributed by atoms with Gasteiger partial charge in [0, 0.05) is 11.1 Å². The van der Waals surface area contributed by atoms with Gasteiger partial charge >= 0.3 is 0 Å². The average molecular weight is 326 g/mol. The van der Waals surface area contributed by atoms with Crippen molar-refractivity contribution in [1.29, 1.82) is 0 Å². The van der Waals surface area contributed by atoms with Gasteiger partial charge in [0.25, 0.3) is 0 Å². The van der Waals surface area contributed by atoms with Gasteiger partial charge in [0.05, 0.1) is 18.5 Å². The zero-order valence-corrected chi connectivity index (χ0v) is 14.7. The van der Waals surface area contributed by atoms with Gasteiger partial charge in [-0.15, -0.1) is 11.3 Å².